The summed E-state index contributed by atoms with van der Waals surface area (Å²) in [4.78, 5) is 18.4. The maximum absolute atomic E-state index is 13.5. The number of aromatic nitrogens is 2. The molecule has 0 aliphatic carbocycles. The number of carbonyl (C=O) groups excluding carboxylic acids is 1. The van der Waals surface area contributed by atoms with Gasteiger partial charge in [0.05, 0.1) is 11.3 Å². The predicted octanol–water partition coefficient (Wildman–Crippen LogP) is 2.75. The number of benzene rings is 1. The minimum absolute atomic E-state index is 0.0169. The molecule has 16 heavy (non-hydrogen) atoms. The predicted molar refractivity (Wildman–Crippen MR) is 57.8 cm³/mol. The smallest absolute Gasteiger partial charge is 0.155 e. The van der Waals surface area contributed by atoms with Gasteiger partial charge in [0, 0.05) is 5.56 Å². The van der Waals surface area contributed by atoms with Gasteiger partial charge in [-0.1, -0.05) is 23.7 Å². The Balaban J connectivity index is 2.69. The first-order valence-electron chi connectivity index (χ1n) is 4.44. The highest BCUT2D eigenvalue weighted by Crippen LogP contribution is 2.25. The van der Waals surface area contributed by atoms with Gasteiger partial charge in [-0.05, 0) is 12.1 Å². The molecule has 0 spiro atoms. The van der Waals surface area contributed by atoms with Crippen LogP contribution in [0, 0.1) is 5.82 Å². The molecule has 0 aliphatic rings. The molecular weight excluding hydrogens is 231 g/mol. The number of hydrogen-bond donors (Lipinski definition) is 0. The number of halogens is 2. The zero-order valence-corrected chi connectivity index (χ0v) is 8.78. The molecule has 0 N–H and O–H groups in total. The second-order valence-corrected chi connectivity index (χ2v) is 3.38. The van der Waals surface area contributed by atoms with Crippen molar-refractivity contribution in [3.05, 3.63) is 47.1 Å². The average Bonchev–Trinajstić information content (AvgIpc) is 2.29. The lowest BCUT2D eigenvalue weighted by Gasteiger charge is -2.05. The summed E-state index contributed by atoms with van der Waals surface area (Å²) >= 11 is 5.73. The highest BCUT2D eigenvalue weighted by molar-refractivity contribution is 6.32. The van der Waals surface area contributed by atoms with Crippen LogP contribution in [-0.2, 0) is 0 Å². The van der Waals surface area contributed by atoms with Crippen LogP contribution in [0.3, 0.4) is 0 Å². The van der Waals surface area contributed by atoms with E-state index in [-0.39, 0.29) is 22.0 Å². The molecule has 0 bridgehead atoms. The van der Waals surface area contributed by atoms with Crippen molar-refractivity contribution in [1.82, 2.24) is 9.97 Å². The molecule has 1 aromatic heterocycles. The Hall–Kier alpha value is -1.81. The van der Waals surface area contributed by atoms with Crippen molar-refractivity contribution in [1.29, 1.82) is 0 Å². The molecule has 1 heterocycles. The Labute approximate surface area is 95.9 Å². The third kappa shape index (κ3) is 1.79. The summed E-state index contributed by atoms with van der Waals surface area (Å²) in [6, 6.07) is 6.03. The molecule has 0 atom stereocenters. The summed E-state index contributed by atoms with van der Waals surface area (Å²) in [5.41, 5.74) is 0.524. The third-order valence-electron chi connectivity index (χ3n) is 2.08. The van der Waals surface area contributed by atoms with E-state index in [0.29, 0.717) is 6.29 Å². The van der Waals surface area contributed by atoms with E-state index >= 15 is 0 Å². The maximum Gasteiger partial charge on any atom is 0.155 e. The Morgan fingerprint density at radius 1 is 1.25 bits per heavy atom. The lowest BCUT2D eigenvalue weighted by atomic mass is 10.1. The second kappa shape index (κ2) is 4.37. The van der Waals surface area contributed by atoms with E-state index in [1.165, 1.54) is 18.5 Å². The average molecular weight is 237 g/mol. The second-order valence-electron chi connectivity index (χ2n) is 3.02. The van der Waals surface area contributed by atoms with E-state index in [0.717, 1.165) is 0 Å². The molecule has 0 fully saturated rings. The Bertz CT molecular complexity index is 545. The molecule has 0 saturated heterocycles. The van der Waals surface area contributed by atoms with E-state index < -0.39 is 5.82 Å². The van der Waals surface area contributed by atoms with Crippen molar-refractivity contribution in [3.63, 3.8) is 0 Å². The molecule has 0 aliphatic heterocycles. The van der Waals surface area contributed by atoms with Gasteiger partial charge in [-0.15, -0.1) is 0 Å². The topological polar surface area (TPSA) is 42.9 Å². The summed E-state index contributed by atoms with van der Waals surface area (Å²) in [6.45, 7) is 0. The number of hydrogen-bond acceptors (Lipinski definition) is 3. The lowest BCUT2D eigenvalue weighted by molar-refractivity contribution is 0.112. The molecule has 0 radical (unpaired) electrons. The van der Waals surface area contributed by atoms with Crippen LogP contribution < -0.4 is 0 Å². The Kier molecular flexibility index (Phi) is 2.92. The lowest BCUT2D eigenvalue weighted by Crippen LogP contribution is -1.97. The highest BCUT2D eigenvalue weighted by Gasteiger charge is 2.13. The van der Waals surface area contributed by atoms with Crippen LogP contribution in [-0.4, -0.2) is 16.3 Å². The molecule has 0 unspecified atom stereocenters. The SMILES string of the molecule is O=Cc1c(Cl)ncnc1-c1ccccc1F. The largest absolute Gasteiger partial charge is 0.298 e. The fourth-order valence-electron chi connectivity index (χ4n) is 1.35. The summed E-state index contributed by atoms with van der Waals surface area (Å²) in [5.74, 6) is -0.458. The van der Waals surface area contributed by atoms with Crippen molar-refractivity contribution in [2.45, 2.75) is 0 Å². The molecule has 2 rings (SSSR count). The van der Waals surface area contributed by atoms with Crippen molar-refractivity contribution < 1.29 is 9.18 Å². The fourth-order valence-corrected chi connectivity index (χ4v) is 1.52. The van der Waals surface area contributed by atoms with Crippen LogP contribution in [0.4, 0.5) is 4.39 Å². The van der Waals surface area contributed by atoms with Crippen LogP contribution >= 0.6 is 11.6 Å². The van der Waals surface area contributed by atoms with Crippen molar-refractivity contribution in [2.24, 2.45) is 0 Å². The minimum Gasteiger partial charge on any atom is -0.298 e. The van der Waals surface area contributed by atoms with E-state index in [2.05, 4.69) is 9.97 Å². The standard InChI is InChI=1S/C11H6ClFN2O/c12-11-8(5-16)10(14-6-15-11)7-3-1-2-4-9(7)13/h1-6H. The van der Waals surface area contributed by atoms with E-state index in [4.69, 9.17) is 11.6 Å². The summed E-state index contributed by atoms with van der Waals surface area (Å²) in [7, 11) is 0. The first kappa shape index (κ1) is 10.7. The summed E-state index contributed by atoms with van der Waals surface area (Å²) in [5, 5.41) is 0.0169. The zero-order chi connectivity index (χ0) is 11.5. The van der Waals surface area contributed by atoms with Crippen LogP contribution in [0.1, 0.15) is 10.4 Å². The van der Waals surface area contributed by atoms with Gasteiger partial charge in [-0.25, -0.2) is 14.4 Å². The number of aldehydes is 1. The molecule has 0 saturated carbocycles. The monoisotopic (exact) mass is 236 g/mol. The van der Waals surface area contributed by atoms with Gasteiger partial charge in [-0.2, -0.15) is 0 Å². The van der Waals surface area contributed by atoms with Crippen LogP contribution in [0.25, 0.3) is 11.3 Å². The summed E-state index contributed by atoms with van der Waals surface area (Å²) in [6.07, 6.45) is 1.71. The molecule has 0 amide bonds. The van der Waals surface area contributed by atoms with Gasteiger partial charge in [-0.3, -0.25) is 4.79 Å². The molecule has 3 nitrogen and oxygen atoms in total. The highest BCUT2D eigenvalue weighted by atomic mass is 35.5. The van der Waals surface area contributed by atoms with Crippen molar-refractivity contribution >= 4 is 17.9 Å². The molecular formula is C11H6ClFN2O. The first-order valence-corrected chi connectivity index (χ1v) is 4.82. The molecule has 2 aromatic rings. The van der Waals surface area contributed by atoms with Crippen molar-refractivity contribution in [2.75, 3.05) is 0 Å². The normalized spacial score (nSPS) is 10.1. The van der Waals surface area contributed by atoms with E-state index in [1.807, 2.05) is 0 Å². The van der Waals surface area contributed by atoms with Crippen LogP contribution in [0.15, 0.2) is 30.6 Å². The molecule has 1 aromatic carbocycles. The third-order valence-corrected chi connectivity index (χ3v) is 2.38. The number of carbonyl (C=O) groups is 1. The number of nitrogens with zero attached hydrogens (tertiary/aromatic N) is 2. The minimum atomic E-state index is -0.458. The maximum atomic E-state index is 13.5. The van der Waals surface area contributed by atoms with Gasteiger partial charge in [0.2, 0.25) is 0 Å². The van der Waals surface area contributed by atoms with Crippen molar-refractivity contribution in [3.8, 4) is 11.3 Å². The van der Waals surface area contributed by atoms with Gasteiger partial charge in [0.15, 0.2) is 6.29 Å². The van der Waals surface area contributed by atoms with E-state index in [1.54, 1.807) is 12.1 Å². The summed E-state index contributed by atoms with van der Waals surface area (Å²) < 4.78 is 13.5. The van der Waals surface area contributed by atoms with Gasteiger partial charge >= 0.3 is 0 Å². The zero-order valence-electron chi connectivity index (χ0n) is 8.02. The molecule has 5 heteroatoms. The quantitative estimate of drug-likeness (QED) is 0.595. The van der Waals surface area contributed by atoms with Gasteiger partial charge in [0.1, 0.15) is 17.3 Å². The van der Waals surface area contributed by atoms with Crippen LogP contribution in [0.5, 0.6) is 0 Å². The van der Waals surface area contributed by atoms with E-state index in [9.17, 15) is 9.18 Å². The Morgan fingerprint density at radius 2 is 2.00 bits per heavy atom. The Morgan fingerprint density at radius 3 is 2.69 bits per heavy atom. The fraction of sp³-hybridized carbons (Fsp3) is 0. The molecule has 80 valence electrons. The van der Waals surface area contributed by atoms with Gasteiger partial charge in [0.25, 0.3) is 0 Å². The number of rotatable bonds is 2. The first-order chi connectivity index (χ1) is 7.74. The van der Waals surface area contributed by atoms with Gasteiger partial charge < -0.3 is 0 Å². The van der Waals surface area contributed by atoms with Crippen LogP contribution in [0.2, 0.25) is 5.15 Å².